The number of para-hydroxylation sites is 2. The molecule has 0 unspecified atom stereocenters. The number of carboxylic acids is 1. The Hall–Kier alpha value is -2.82. The van der Waals surface area contributed by atoms with Crippen molar-refractivity contribution in [3.05, 3.63) is 59.7 Å². The van der Waals surface area contributed by atoms with E-state index in [2.05, 4.69) is 0 Å². The summed E-state index contributed by atoms with van der Waals surface area (Å²) in [6, 6.07) is 14.1. The maximum Gasteiger partial charge on any atom is 0.303 e. The van der Waals surface area contributed by atoms with Crippen molar-refractivity contribution >= 4 is 11.8 Å². The minimum Gasteiger partial charge on any atom is -0.496 e. The largest absolute Gasteiger partial charge is 0.496 e. The average molecular weight is 328 g/mol. The number of hydrogen-bond donors (Lipinski definition) is 1. The lowest BCUT2D eigenvalue weighted by molar-refractivity contribution is -0.137. The molecule has 5 heteroatoms. The van der Waals surface area contributed by atoms with Crippen molar-refractivity contribution in [2.45, 2.75) is 18.8 Å². The van der Waals surface area contributed by atoms with Gasteiger partial charge < -0.3 is 14.6 Å². The van der Waals surface area contributed by atoms with Crippen molar-refractivity contribution in [3.63, 3.8) is 0 Å². The summed E-state index contributed by atoms with van der Waals surface area (Å²) in [5, 5.41) is 9.02. The molecule has 0 amide bonds. The fraction of sp³-hybridized carbons (Fsp3) is 0.263. The van der Waals surface area contributed by atoms with Crippen LogP contribution in [0.5, 0.6) is 11.5 Å². The van der Waals surface area contributed by atoms with Crippen molar-refractivity contribution < 1.29 is 24.2 Å². The molecule has 0 saturated carbocycles. The molecule has 5 nitrogen and oxygen atoms in total. The minimum absolute atomic E-state index is 0.108. The van der Waals surface area contributed by atoms with Gasteiger partial charge in [-0.2, -0.15) is 0 Å². The second-order valence-electron chi connectivity index (χ2n) is 5.29. The molecule has 2 aromatic carbocycles. The molecule has 0 aromatic heterocycles. The van der Waals surface area contributed by atoms with Gasteiger partial charge in [0.1, 0.15) is 11.5 Å². The number of ketones is 1. The summed E-state index contributed by atoms with van der Waals surface area (Å²) in [6.07, 6.45) is 0.0796. The van der Waals surface area contributed by atoms with Crippen LogP contribution in [0.1, 0.15) is 34.7 Å². The van der Waals surface area contributed by atoms with Crippen molar-refractivity contribution in [1.29, 1.82) is 0 Å². The molecule has 2 aromatic rings. The normalized spacial score (nSPS) is 11.6. The first kappa shape index (κ1) is 17.5. The summed E-state index contributed by atoms with van der Waals surface area (Å²) < 4.78 is 10.6. The maximum absolute atomic E-state index is 13.1. The summed E-state index contributed by atoms with van der Waals surface area (Å²) in [4.78, 5) is 24.1. The lowest BCUT2D eigenvalue weighted by Crippen LogP contribution is -2.16. The van der Waals surface area contributed by atoms with E-state index in [1.165, 1.54) is 14.2 Å². The Morgan fingerprint density at radius 3 is 2.17 bits per heavy atom. The number of benzene rings is 2. The van der Waals surface area contributed by atoms with Gasteiger partial charge in [0.2, 0.25) is 0 Å². The summed E-state index contributed by atoms with van der Waals surface area (Å²) in [6.45, 7) is 0. The molecule has 1 N–H and O–H groups in total. The first-order valence-corrected chi connectivity index (χ1v) is 7.60. The number of aliphatic carboxylic acids is 1. The topological polar surface area (TPSA) is 72.8 Å². The van der Waals surface area contributed by atoms with Crippen LogP contribution in [0.4, 0.5) is 0 Å². The lowest BCUT2D eigenvalue weighted by atomic mass is 9.86. The van der Waals surface area contributed by atoms with E-state index in [1.807, 2.05) is 6.07 Å². The van der Waals surface area contributed by atoms with Gasteiger partial charge in [0.15, 0.2) is 5.78 Å². The van der Waals surface area contributed by atoms with Gasteiger partial charge in [-0.25, -0.2) is 0 Å². The van der Waals surface area contributed by atoms with E-state index < -0.39 is 11.9 Å². The Bertz CT molecular complexity index is 723. The molecule has 0 aliphatic heterocycles. The minimum atomic E-state index is -0.942. The first-order valence-electron chi connectivity index (χ1n) is 7.60. The van der Waals surface area contributed by atoms with Crippen molar-refractivity contribution in [3.8, 4) is 11.5 Å². The van der Waals surface area contributed by atoms with E-state index in [0.29, 0.717) is 22.6 Å². The highest BCUT2D eigenvalue weighted by atomic mass is 16.5. The Balaban J connectivity index is 2.45. The molecule has 0 fully saturated rings. The predicted molar refractivity (Wildman–Crippen MR) is 89.9 cm³/mol. The second-order valence-corrected chi connectivity index (χ2v) is 5.29. The van der Waals surface area contributed by atoms with Crippen LogP contribution in [0.2, 0.25) is 0 Å². The van der Waals surface area contributed by atoms with Crippen LogP contribution in [0.15, 0.2) is 48.5 Å². The van der Waals surface area contributed by atoms with Gasteiger partial charge in [0.25, 0.3) is 0 Å². The Morgan fingerprint density at radius 2 is 1.54 bits per heavy atom. The summed E-state index contributed by atoms with van der Waals surface area (Å²) in [5.41, 5.74) is 1.11. The maximum atomic E-state index is 13.1. The number of rotatable bonds is 8. The number of methoxy groups -OCH3 is 2. The monoisotopic (exact) mass is 328 g/mol. The molecule has 0 aliphatic rings. The van der Waals surface area contributed by atoms with Gasteiger partial charge in [-0.05, 0) is 24.6 Å². The van der Waals surface area contributed by atoms with E-state index in [0.717, 1.165) is 0 Å². The van der Waals surface area contributed by atoms with E-state index in [4.69, 9.17) is 14.6 Å². The third-order valence-electron chi connectivity index (χ3n) is 3.85. The Kier molecular flexibility index (Phi) is 5.95. The fourth-order valence-electron chi connectivity index (χ4n) is 2.69. The smallest absolute Gasteiger partial charge is 0.303 e. The number of carbonyl (C=O) groups is 2. The van der Waals surface area contributed by atoms with Crippen molar-refractivity contribution in [2.75, 3.05) is 14.2 Å². The zero-order chi connectivity index (χ0) is 17.5. The van der Waals surface area contributed by atoms with E-state index in [-0.39, 0.29) is 18.6 Å². The quantitative estimate of drug-likeness (QED) is 0.750. The van der Waals surface area contributed by atoms with Gasteiger partial charge in [-0.15, -0.1) is 0 Å². The highest BCUT2D eigenvalue weighted by molar-refractivity contribution is 6.03. The molecule has 0 bridgehead atoms. The summed E-state index contributed by atoms with van der Waals surface area (Å²) in [5.74, 6) is -0.705. The van der Waals surface area contributed by atoms with Gasteiger partial charge in [0.05, 0.1) is 25.7 Å². The molecule has 0 aliphatic carbocycles. The summed E-state index contributed by atoms with van der Waals surface area (Å²) >= 11 is 0. The molecular formula is C19H20O5. The van der Waals surface area contributed by atoms with Crippen molar-refractivity contribution in [2.24, 2.45) is 0 Å². The predicted octanol–water partition coefficient (Wildman–Crippen LogP) is 3.54. The highest BCUT2D eigenvalue weighted by Crippen LogP contribution is 2.34. The number of hydrogen-bond acceptors (Lipinski definition) is 4. The fourth-order valence-corrected chi connectivity index (χ4v) is 2.69. The molecular weight excluding hydrogens is 308 g/mol. The number of Topliss-reactive ketones (excluding diaryl/α,β-unsaturated/α-hetero) is 1. The lowest BCUT2D eigenvalue weighted by Gasteiger charge is -2.19. The number of carboxylic acid groups (broad SMARTS) is 1. The third-order valence-corrected chi connectivity index (χ3v) is 3.85. The SMILES string of the molecule is COc1ccccc1C(=O)[C@@H](CCC(=O)O)c1ccccc1OC. The van der Waals surface area contributed by atoms with E-state index in [9.17, 15) is 9.59 Å². The Labute approximate surface area is 140 Å². The first-order chi connectivity index (χ1) is 11.6. The average Bonchev–Trinajstić information content (AvgIpc) is 2.61. The second kappa shape index (κ2) is 8.15. The van der Waals surface area contributed by atoms with Crippen LogP contribution in [-0.4, -0.2) is 31.1 Å². The number of ether oxygens (including phenoxy) is 2. The van der Waals surface area contributed by atoms with Gasteiger partial charge in [0, 0.05) is 12.0 Å². The van der Waals surface area contributed by atoms with Crippen LogP contribution in [-0.2, 0) is 4.79 Å². The Morgan fingerprint density at radius 1 is 0.958 bits per heavy atom. The van der Waals surface area contributed by atoms with Crippen LogP contribution < -0.4 is 9.47 Å². The molecule has 2 rings (SSSR count). The van der Waals surface area contributed by atoms with Crippen molar-refractivity contribution in [1.82, 2.24) is 0 Å². The van der Waals surface area contributed by atoms with Gasteiger partial charge in [-0.3, -0.25) is 9.59 Å². The van der Waals surface area contributed by atoms with Crippen LogP contribution in [0.25, 0.3) is 0 Å². The number of carbonyl (C=O) groups excluding carboxylic acids is 1. The molecule has 1 atom stereocenters. The highest BCUT2D eigenvalue weighted by Gasteiger charge is 2.27. The zero-order valence-electron chi connectivity index (χ0n) is 13.7. The van der Waals surface area contributed by atoms with E-state index in [1.54, 1.807) is 42.5 Å². The molecule has 0 saturated heterocycles. The molecule has 0 radical (unpaired) electrons. The standard InChI is InChI=1S/C19H20O5/c1-23-16-9-5-3-7-13(16)14(11-12-18(20)21)19(22)15-8-4-6-10-17(15)24-2/h3-10,14H,11-12H2,1-2H3,(H,20,21)/t14-/m0/s1. The zero-order valence-corrected chi connectivity index (χ0v) is 13.7. The van der Waals surface area contributed by atoms with Gasteiger partial charge >= 0.3 is 5.97 Å². The molecule has 0 heterocycles. The van der Waals surface area contributed by atoms with Gasteiger partial charge in [-0.1, -0.05) is 30.3 Å². The molecule has 126 valence electrons. The summed E-state index contributed by atoms with van der Waals surface area (Å²) in [7, 11) is 3.03. The van der Waals surface area contributed by atoms with Crippen LogP contribution >= 0.6 is 0 Å². The molecule has 24 heavy (non-hydrogen) atoms. The third kappa shape index (κ3) is 3.93. The van der Waals surface area contributed by atoms with Crippen LogP contribution in [0, 0.1) is 0 Å². The van der Waals surface area contributed by atoms with E-state index >= 15 is 0 Å². The molecule has 0 spiro atoms. The van der Waals surface area contributed by atoms with Crippen LogP contribution in [0.3, 0.4) is 0 Å².